The standard InChI is InChI=1S/C17H13N3O3S/c18-24(22,23)12-6-5-11-8-16(19-15(11)9-12)13-7-10-3-1-2-4-14(10)20-17(13)21/h1-9,19H,(H,20,21)(H2,18,22,23). The van der Waals surface area contributed by atoms with Gasteiger partial charge in [0, 0.05) is 16.4 Å². The van der Waals surface area contributed by atoms with E-state index in [9.17, 15) is 13.2 Å². The highest BCUT2D eigenvalue weighted by atomic mass is 32.2. The van der Waals surface area contributed by atoms with Crippen molar-refractivity contribution in [1.29, 1.82) is 0 Å². The number of benzene rings is 2. The van der Waals surface area contributed by atoms with Gasteiger partial charge in [-0.2, -0.15) is 0 Å². The van der Waals surface area contributed by atoms with Crippen molar-refractivity contribution in [2.24, 2.45) is 5.14 Å². The minimum absolute atomic E-state index is 0.0239. The van der Waals surface area contributed by atoms with Crippen LogP contribution in [0.5, 0.6) is 0 Å². The number of aromatic nitrogens is 2. The van der Waals surface area contributed by atoms with Gasteiger partial charge in [-0.25, -0.2) is 13.6 Å². The van der Waals surface area contributed by atoms with Gasteiger partial charge in [0.1, 0.15) is 0 Å². The molecule has 0 bridgehead atoms. The molecule has 0 radical (unpaired) electrons. The molecule has 0 spiro atoms. The maximum Gasteiger partial charge on any atom is 0.257 e. The second-order valence-electron chi connectivity index (χ2n) is 5.58. The fraction of sp³-hybridized carbons (Fsp3) is 0. The number of hydrogen-bond donors (Lipinski definition) is 3. The van der Waals surface area contributed by atoms with Crippen molar-refractivity contribution in [3.63, 3.8) is 0 Å². The number of H-pyrrole nitrogens is 2. The van der Waals surface area contributed by atoms with Crippen LogP contribution in [0, 0.1) is 0 Å². The highest BCUT2D eigenvalue weighted by Crippen LogP contribution is 2.25. The summed E-state index contributed by atoms with van der Waals surface area (Å²) in [6.07, 6.45) is 0. The van der Waals surface area contributed by atoms with Crippen LogP contribution in [0.15, 0.2) is 64.3 Å². The fourth-order valence-corrected chi connectivity index (χ4v) is 3.32. The van der Waals surface area contributed by atoms with Gasteiger partial charge in [0.15, 0.2) is 0 Å². The summed E-state index contributed by atoms with van der Waals surface area (Å²) in [4.78, 5) is 18.3. The van der Waals surface area contributed by atoms with Crippen LogP contribution in [0.1, 0.15) is 0 Å². The Morgan fingerprint density at radius 1 is 0.833 bits per heavy atom. The lowest BCUT2D eigenvalue weighted by atomic mass is 10.1. The number of nitrogens with one attached hydrogen (secondary N) is 2. The number of para-hydroxylation sites is 1. The molecule has 0 unspecified atom stereocenters. The summed E-state index contributed by atoms with van der Waals surface area (Å²) in [7, 11) is -3.77. The Kier molecular flexibility index (Phi) is 3.09. The Labute approximate surface area is 137 Å². The summed E-state index contributed by atoms with van der Waals surface area (Å²) in [6.45, 7) is 0. The van der Waals surface area contributed by atoms with Crippen LogP contribution in [-0.2, 0) is 10.0 Å². The van der Waals surface area contributed by atoms with E-state index >= 15 is 0 Å². The molecule has 0 aliphatic rings. The fourth-order valence-electron chi connectivity index (χ4n) is 2.78. The first-order chi connectivity index (χ1) is 11.4. The summed E-state index contributed by atoms with van der Waals surface area (Å²) in [5.41, 5.74) is 2.25. The number of primary sulfonamides is 1. The van der Waals surface area contributed by atoms with E-state index < -0.39 is 10.0 Å². The number of sulfonamides is 1. The molecule has 4 aromatic rings. The maximum absolute atomic E-state index is 12.3. The number of nitrogens with two attached hydrogens (primary N) is 1. The second kappa shape index (κ2) is 5.05. The zero-order valence-electron chi connectivity index (χ0n) is 12.4. The average Bonchev–Trinajstić information content (AvgIpc) is 2.96. The highest BCUT2D eigenvalue weighted by Gasteiger charge is 2.12. The second-order valence-corrected chi connectivity index (χ2v) is 7.14. The van der Waals surface area contributed by atoms with Crippen molar-refractivity contribution in [1.82, 2.24) is 9.97 Å². The van der Waals surface area contributed by atoms with Gasteiger partial charge in [-0.3, -0.25) is 4.79 Å². The Balaban J connectivity index is 1.93. The first-order valence-corrected chi connectivity index (χ1v) is 8.74. The van der Waals surface area contributed by atoms with E-state index in [0.29, 0.717) is 16.8 Å². The Hall–Kier alpha value is -2.90. The summed E-state index contributed by atoms with van der Waals surface area (Å²) in [5, 5.41) is 6.86. The minimum Gasteiger partial charge on any atom is -0.354 e. The van der Waals surface area contributed by atoms with E-state index in [-0.39, 0.29) is 10.5 Å². The lowest BCUT2D eigenvalue weighted by Crippen LogP contribution is -2.11. The molecule has 24 heavy (non-hydrogen) atoms. The molecule has 6 nitrogen and oxygen atoms in total. The van der Waals surface area contributed by atoms with Gasteiger partial charge in [0.05, 0.1) is 16.2 Å². The van der Waals surface area contributed by atoms with Crippen molar-refractivity contribution >= 4 is 31.8 Å². The molecule has 4 N–H and O–H groups in total. The third-order valence-corrected chi connectivity index (χ3v) is 4.88. The molecule has 0 fully saturated rings. The Morgan fingerprint density at radius 3 is 2.38 bits per heavy atom. The minimum atomic E-state index is -3.77. The molecule has 2 aromatic carbocycles. The van der Waals surface area contributed by atoms with Gasteiger partial charge in [-0.05, 0) is 35.7 Å². The van der Waals surface area contributed by atoms with E-state index in [4.69, 9.17) is 5.14 Å². The zero-order chi connectivity index (χ0) is 16.9. The Morgan fingerprint density at radius 2 is 1.58 bits per heavy atom. The molecule has 0 aliphatic heterocycles. The predicted octanol–water partition coefficient (Wildman–Crippen LogP) is 2.32. The zero-order valence-corrected chi connectivity index (χ0v) is 13.2. The van der Waals surface area contributed by atoms with E-state index in [1.165, 1.54) is 12.1 Å². The van der Waals surface area contributed by atoms with Crippen LogP contribution in [0.3, 0.4) is 0 Å². The number of hydrogen-bond acceptors (Lipinski definition) is 3. The van der Waals surface area contributed by atoms with Gasteiger partial charge >= 0.3 is 0 Å². The SMILES string of the molecule is NS(=O)(=O)c1ccc2cc(-c3cc4ccccc4[nH]c3=O)[nH]c2c1. The molecule has 0 amide bonds. The molecule has 0 saturated carbocycles. The quantitative estimate of drug-likeness (QED) is 0.521. The third kappa shape index (κ3) is 2.40. The number of pyridine rings is 1. The molecule has 2 aromatic heterocycles. The van der Waals surface area contributed by atoms with E-state index in [0.717, 1.165) is 16.3 Å². The summed E-state index contributed by atoms with van der Waals surface area (Å²) >= 11 is 0. The predicted molar refractivity (Wildman–Crippen MR) is 93.2 cm³/mol. The molecular formula is C17H13N3O3S. The lowest BCUT2D eigenvalue weighted by molar-refractivity contribution is 0.598. The molecule has 0 aliphatic carbocycles. The molecule has 7 heteroatoms. The van der Waals surface area contributed by atoms with Crippen LogP contribution in [0.4, 0.5) is 0 Å². The van der Waals surface area contributed by atoms with E-state index in [1.807, 2.05) is 30.3 Å². The first-order valence-electron chi connectivity index (χ1n) is 7.20. The lowest BCUT2D eigenvalue weighted by Gasteiger charge is -2.01. The molecule has 4 rings (SSSR count). The largest absolute Gasteiger partial charge is 0.354 e. The van der Waals surface area contributed by atoms with E-state index in [2.05, 4.69) is 9.97 Å². The van der Waals surface area contributed by atoms with Gasteiger partial charge in [-0.1, -0.05) is 24.3 Å². The molecule has 0 saturated heterocycles. The summed E-state index contributed by atoms with van der Waals surface area (Å²) in [5.74, 6) is 0. The molecule has 2 heterocycles. The third-order valence-electron chi connectivity index (χ3n) is 3.97. The first kappa shape index (κ1) is 14.7. The summed E-state index contributed by atoms with van der Waals surface area (Å²) in [6, 6.07) is 15.7. The van der Waals surface area contributed by atoms with Crippen molar-refractivity contribution in [2.45, 2.75) is 4.90 Å². The topological polar surface area (TPSA) is 109 Å². The highest BCUT2D eigenvalue weighted by molar-refractivity contribution is 7.89. The average molecular weight is 339 g/mol. The van der Waals surface area contributed by atoms with Crippen LogP contribution >= 0.6 is 0 Å². The molecule has 0 atom stereocenters. The van der Waals surface area contributed by atoms with E-state index in [1.54, 1.807) is 12.1 Å². The van der Waals surface area contributed by atoms with Gasteiger partial charge in [0.2, 0.25) is 10.0 Å². The van der Waals surface area contributed by atoms with Crippen molar-refractivity contribution in [2.75, 3.05) is 0 Å². The van der Waals surface area contributed by atoms with Crippen molar-refractivity contribution < 1.29 is 8.42 Å². The number of rotatable bonds is 2. The van der Waals surface area contributed by atoms with Gasteiger partial charge in [-0.15, -0.1) is 0 Å². The van der Waals surface area contributed by atoms with Gasteiger partial charge in [0.25, 0.3) is 5.56 Å². The monoisotopic (exact) mass is 339 g/mol. The number of aromatic amines is 2. The van der Waals surface area contributed by atoms with Crippen LogP contribution in [-0.4, -0.2) is 18.4 Å². The van der Waals surface area contributed by atoms with Crippen molar-refractivity contribution in [3.8, 4) is 11.3 Å². The Bertz CT molecular complexity index is 1250. The van der Waals surface area contributed by atoms with Gasteiger partial charge < -0.3 is 9.97 Å². The molecule has 120 valence electrons. The number of fused-ring (bicyclic) bond motifs is 2. The van der Waals surface area contributed by atoms with Crippen LogP contribution < -0.4 is 10.7 Å². The summed E-state index contributed by atoms with van der Waals surface area (Å²) < 4.78 is 22.9. The normalized spacial score (nSPS) is 12.0. The van der Waals surface area contributed by atoms with Crippen molar-refractivity contribution in [3.05, 3.63) is 65.0 Å². The smallest absolute Gasteiger partial charge is 0.257 e. The maximum atomic E-state index is 12.3. The van der Waals surface area contributed by atoms with Crippen LogP contribution in [0.25, 0.3) is 33.1 Å². The molecular weight excluding hydrogens is 326 g/mol. The van der Waals surface area contributed by atoms with Crippen LogP contribution in [0.2, 0.25) is 0 Å².